The van der Waals surface area contributed by atoms with Crippen LogP contribution in [-0.2, 0) is 0 Å². The number of benzene rings is 1. The molecule has 0 spiro atoms. The Balaban J connectivity index is 2.18. The fraction of sp³-hybridized carbons (Fsp3) is 0.231. The molecular weight excluding hydrogens is 267 g/mol. The number of aliphatic hydroxyl groups excluding tert-OH is 1. The molecule has 1 atom stereocenters. The molecule has 2 N–H and O–H groups in total. The van der Waals surface area contributed by atoms with Crippen molar-refractivity contribution >= 4 is 22.9 Å². The Labute approximate surface area is 113 Å². The number of carbonyl (C=O) groups is 1. The zero-order valence-corrected chi connectivity index (χ0v) is 11.3. The van der Waals surface area contributed by atoms with Crippen LogP contribution in [0.25, 0.3) is 0 Å². The van der Waals surface area contributed by atoms with E-state index >= 15 is 0 Å². The molecule has 6 heteroatoms. The molecule has 0 saturated carbocycles. The summed E-state index contributed by atoms with van der Waals surface area (Å²) >= 11 is 1.11. The molecule has 1 aromatic heterocycles. The third-order valence-electron chi connectivity index (χ3n) is 2.55. The van der Waals surface area contributed by atoms with Crippen LogP contribution in [0.1, 0.15) is 33.3 Å². The quantitative estimate of drug-likeness (QED) is 0.908. The fourth-order valence-corrected chi connectivity index (χ4v) is 2.25. The van der Waals surface area contributed by atoms with Gasteiger partial charge in [-0.25, -0.2) is 9.37 Å². The highest BCUT2D eigenvalue weighted by Gasteiger charge is 2.14. The van der Waals surface area contributed by atoms with Gasteiger partial charge in [0.1, 0.15) is 21.8 Å². The number of hydrogen-bond donors (Lipinski definition) is 2. The van der Waals surface area contributed by atoms with Crippen molar-refractivity contribution < 1.29 is 14.3 Å². The van der Waals surface area contributed by atoms with Gasteiger partial charge in [-0.15, -0.1) is 11.3 Å². The first-order chi connectivity index (χ1) is 8.97. The highest BCUT2D eigenvalue weighted by molar-refractivity contribution is 7.13. The SMILES string of the molecule is Cc1ccc(F)cc1NC(=O)c1cnc([C@@H](C)O)s1. The maximum absolute atomic E-state index is 13.1. The van der Waals surface area contributed by atoms with Crippen LogP contribution in [-0.4, -0.2) is 16.0 Å². The highest BCUT2D eigenvalue weighted by atomic mass is 32.1. The smallest absolute Gasteiger partial charge is 0.267 e. The van der Waals surface area contributed by atoms with E-state index in [1.807, 2.05) is 0 Å². The van der Waals surface area contributed by atoms with Crippen molar-refractivity contribution in [2.75, 3.05) is 5.32 Å². The van der Waals surface area contributed by atoms with E-state index in [1.165, 1.54) is 18.3 Å². The largest absolute Gasteiger partial charge is 0.386 e. The van der Waals surface area contributed by atoms with E-state index in [-0.39, 0.29) is 5.91 Å². The van der Waals surface area contributed by atoms with E-state index in [0.29, 0.717) is 15.6 Å². The Hall–Kier alpha value is -1.79. The second-order valence-electron chi connectivity index (χ2n) is 4.15. The van der Waals surface area contributed by atoms with Gasteiger partial charge < -0.3 is 10.4 Å². The molecule has 19 heavy (non-hydrogen) atoms. The summed E-state index contributed by atoms with van der Waals surface area (Å²) in [7, 11) is 0. The molecule has 0 aliphatic carbocycles. The first kappa shape index (κ1) is 13.6. The number of halogens is 1. The molecule has 0 fully saturated rings. The summed E-state index contributed by atoms with van der Waals surface area (Å²) in [5.41, 5.74) is 1.20. The second-order valence-corrected chi connectivity index (χ2v) is 5.21. The zero-order valence-electron chi connectivity index (χ0n) is 10.5. The maximum Gasteiger partial charge on any atom is 0.267 e. The molecule has 0 radical (unpaired) electrons. The van der Waals surface area contributed by atoms with Gasteiger partial charge in [0.15, 0.2) is 0 Å². The lowest BCUT2D eigenvalue weighted by molar-refractivity contribution is 0.103. The van der Waals surface area contributed by atoms with Gasteiger partial charge in [-0.05, 0) is 31.5 Å². The number of anilines is 1. The molecule has 2 rings (SSSR count). The molecule has 0 aliphatic rings. The minimum atomic E-state index is -0.706. The predicted octanol–water partition coefficient (Wildman–Crippen LogP) is 2.90. The van der Waals surface area contributed by atoms with Crippen LogP contribution < -0.4 is 5.32 Å². The molecule has 0 bridgehead atoms. The van der Waals surface area contributed by atoms with Crippen molar-refractivity contribution in [1.29, 1.82) is 0 Å². The van der Waals surface area contributed by atoms with E-state index < -0.39 is 11.9 Å². The summed E-state index contributed by atoms with van der Waals surface area (Å²) in [5, 5.41) is 12.5. The summed E-state index contributed by atoms with van der Waals surface area (Å²) < 4.78 is 13.1. The highest BCUT2D eigenvalue weighted by Crippen LogP contribution is 2.22. The Morgan fingerprint density at radius 2 is 2.26 bits per heavy atom. The number of aromatic nitrogens is 1. The van der Waals surface area contributed by atoms with Crippen molar-refractivity contribution in [2.45, 2.75) is 20.0 Å². The van der Waals surface area contributed by atoms with Gasteiger partial charge in [-0.2, -0.15) is 0 Å². The van der Waals surface area contributed by atoms with Crippen LogP contribution in [0.2, 0.25) is 0 Å². The average Bonchev–Trinajstić information content (AvgIpc) is 2.83. The van der Waals surface area contributed by atoms with Gasteiger partial charge >= 0.3 is 0 Å². The average molecular weight is 280 g/mol. The molecule has 0 aliphatic heterocycles. The Morgan fingerprint density at radius 3 is 2.89 bits per heavy atom. The summed E-state index contributed by atoms with van der Waals surface area (Å²) in [6, 6.07) is 4.20. The molecular formula is C13H13FN2O2S. The van der Waals surface area contributed by atoms with E-state index in [4.69, 9.17) is 0 Å². The normalized spacial score (nSPS) is 12.2. The molecule has 0 unspecified atom stereocenters. The number of aryl methyl sites for hydroxylation is 1. The number of hydrogen-bond acceptors (Lipinski definition) is 4. The van der Waals surface area contributed by atoms with E-state index in [9.17, 15) is 14.3 Å². The monoisotopic (exact) mass is 280 g/mol. The number of nitrogens with one attached hydrogen (secondary N) is 1. The molecule has 2 aromatic rings. The second kappa shape index (κ2) is 5.46. The van der Waals surface area contributed by atoms with Crippen LogP contribution in [0.3, 0.4) is 0 Å². The van der Waals surface area contributed by atoms with Crippen molar-refractivity contribution in [3.8, 4) is 0 Å². The summed E-state index contributed by atoms with van der Waals surface area (Å²) in [6.45, 7) is 3.36. The number of amides is 1. The topological polar surface area (TPSA) is 62.2 Å². The summed E-state index contributed by atoms with van der Waals surface area (Å²) in [5.74, 6) is -0.770. The van der Waals surface area contributed by atoms with Gasteiger partial charge in [0.25, 0.3) is 5.91 Å². The van der Waals surface area contributed by atoms with Crippen LogP contribution >= 0.6 is 11.3 Å². The number of rotatable bonds is 3. The number of thiazole rings is 1. The summed E-state index contributed by atoms with van der Waals surface area (Å²) in [4.78, 5) is 16.3. The van der Waals surface area contributed by atoms with Gasteiger partial charge in [0.2, 0.25) is 0 Å². The van der Waals surface area contributed by atoms with Crippen molar-refractivity contribution in [1.82, 2.24) is 4.98 Å². The zero-order chi connectivity index (χ0) is 14.0. The predicted molar refractivity (Wildman–Crippen MR) is 71.8 cm³/mol. The van der Waals surface area contributed by atoms with Gasteiger partial charge in [-0.1, -0.05) is 6.07 Å². The van der Waals surface area contributed by atoms with Crippen molar-refractivity contribution in [2.24, 2.45) is 0 Å². The molecule has 1 aromatic carbocycles. The van der Waals surface area contributed by atoms with Crippen LogP contribution in [0.4, 0.5) is 10.1 Å². The third kappa shape index (κ3) is 3.15. The van der Waals surface area contributed by atoms with E-state index in [1.54, 1.807) is 19.9 Å². The molecule has 4 nitrogen and oxygen atoms in total. The number of carbonyl (C=O) groups excluding carboxylic acids is 1. The van der Waals surface area contributed by atoms with E-state index in [0.717, 1.165) is 16.9 Å². The molecule has 1 heterocycles. The molecule has 1 amide bonds. The lowest BCUT2D eigenvalue weighted by Crippen LogP contribution is -2.11. The summed E-state index contributed by atoms with van der Waals surface area (Å²) in [6.07, 6.45) is 0.693. The Morgan fingerprint density at radius 1 is 1.53 bits per heavy atom. The molecule has 0 saturated heterocycles. The van der Waals surface area contributed by atoms with Gasteiger partial charge in [0, 0.05) is 5.69 Å². The standard InChI is InChI=1S/C13H13FN2O2S/c1-7-3-4-9(14)5-10(7)16-12(18)11-6-15-13(19-11)8(2)17/h3-6,8,17H,1-2H3,(H,16,18)/t8-/m1/s1. The first-order valence-electron chi connectivity index (χ1n) is 5.68. The minimum Gasteiger partial charge on any atom is -0.386 e. The van der Waals surface area contributed by atoms with Crippen LogP contribution in [0, 0.1) is 12.7 Å². The number of aliphatic hydroxyl groups is 1. The number of nitrogens with zero attached hydrogens (tertiary/aromatic N) is 1. The Bertz CT molecular complexity index is 610. The fourth-order valence-electron chi connectivity index (χ4n) is 1.50. The van der Waals surface area contributed by atoms with Crippen LogP contribution in [0.5, 0.6) is 0 Å². The van der Waals surface area contributed by atoms with E-state index in [2.05, 4.69) is 10.3 Å². The maximum atomic E-state index is 13.1. The van der Waals surface area contributed by atoms with Gasteiger partial charge in [0.05, 0.1) is 6.20 Å². The first-order valence-corrected chi connectivity index (χ1v) is 6.50. The van der Waals surface area contributed by atoms with Gasteiger partial charge in [-0.3, -0.25) is 4.79 Å². The van der Waals surface area contributed by atoms with Crippen LogP contribution in [0.15, 0.2) is 24.4 Å². The molecule has 100 valence electrons. The van der Waals surface area contributed by atoms with Crippen molar-refractivity contribution in [3.05, 3.63) is 45.7 Å². The third-order valence-corrected chi connectivity index (χ3v) is 3.72. The minimum absolute atomic E-state index is 0.363. The Kier molecular flexibility index (Phi) is 3.92. The lowest BCUT2D eigenvalue weighted by atomic mass is 10.2. The lowest BCUT2D eigenvalue weighted by Gasteiger charge is -2.06. The van der Waals surface area contributed by atoms with Crippen molar-refractivity contribution in [3.63, 3.8) is 0 Å².